The van der Waals surface area contributed by atoms with E-state index in [-0.39, 0.29) is 11.7 Å². The van der Waals surface area contributed by atoms with E-state index < -0.39 is 5.72 Å². The summed E-state index contributed by atoms with van der Waals surface area (Å²) in [7, 11) is 0. The van der Waals surface area contributed by atoms with Crippen molar-refractivity contribution in [3.05, 3.63) is 89.5 Å². The Balaban J connectivity index is 1.64. The van der Waals surface area contributed by atoms with Crippen LogP contribution in [0.2, 0.25) is 0 Å². The van der Waals surface area contributed by atoms with Gasteiger partial charge in [-0.2, -0.15) is 0 Å². The molecule has 3 aromatic rings. The standard InChI is InChI=1S/C21H13NO3/c23-19-16-12-14(13-6-2-1-3-7-13)10-11-18(16)25-21(19)17-9-5-4-8-15(17)20(24)22-21/h1-12H,(H,22,24). The molecule has 120 valence electrons. The summed E-state index contributed by atoms with van der Waals surface area (Å²) in [5.41, 5.74) is 2.05. The smallest absolute Gasteiger partial charge is 0.274 e. The number of hydrogen-bond acceptors (Lipinski definition) is 3. The van der Waals surface area contributed by atoms with E-state index in [0.717, 1.165) is 11.1 Å². The minimum Gasteiger partial charge on any atom is -0.455 e. The van der Waals surface area contributed by atoms with Crippen molar-refractivity contribution in [2.75, 3.05) is 0 Å². The highest BCUT2D eigenvalue weighted by Gasteiger charge is 2.56. The number of ether oxygens (including phenoxy) is 1. The van der Waals surface area contributed by atoms with Gasteiger partial charge in [0, 0.05) is 11.1 Å². The maximum atomic E-state index is 13.2. The zero-order valence-electron chi connectivity index (χ0n) is 13.2. The molecule has 5 rings (SSSR count). The number of Topliss-reactive ketones (excluding diaryl/α,β-unsaturated/α-hetero) is 1. The zero-order valence-corrected chi connectivity index (χ0v) is 13.2. The highest BCUT2D eigenvalue weighted by Crippen LogP contribution is 2.44. The van der Waals surface area contributed by atoms with Crippen molar-refractivity contribution in [1.29, 1.82) is 0 Å². The van der Waals surface area contributed by atoms with E-state index in [2.05, 4.69) is 5.32 Å². The van der Waals surface area contributed by atoms with Crippen molar-refractivity contribution in [3.63, 3.8) is 0 Å². The van der Waals surface area contributed by atoms with Crippen LogP contribution in [0.3, 0.4) is 0 Å². The number of ketones is 1. The lowest BCUT2D eigenvalue weighted by molar-refractivity contribution is 0.0414. The Labute approximate surface area is 144 Å². The monoisotopic (exact) mass is 327 g/mol. The summed E-state index contributed by atoms with van der Waals surface area (Å²) in [5, 5.41) is 2.74. The van der Waals surface area contributed by atoms with Gasteiger partial charge in [0.1, 0.15) is 5.75 Å². The summed E-state index contributed by atoms with van der Waals surface area (Å²) in [6.45, 7) is 0. The maximum Gasteiger partial charge on any atom is 0.274 e. The molecule has 3 aromatic carbocycles. The second-order valence-corrected chi connectivity index (χ2v) is 6.19. The zero-order chi connectivity index (χ0) is 17.0. The van der Waals surface area contributed by atoms with Crippen LogP contribution in [0.5, 0.6) is 5.75 Å². The predicted molar refractivity (Wildman–Crippen MR) is 92.4 cm³/mol. The maximum absolute atomic E-state index is 13.2. The highest BCUT2D eigenvalue weighted by molar-refractivity contribution is 6.15. The molecule has 0 bridgehead atoms. The first-order chi connectivity index (χ1) is 12.2. The third kappa shape index (κ3) is 1.82. The quantitative estimate of drug-likeness (QED) is 0.744. The van der Waals surface area contributed by atoms with Crippen molar-refractivity contribution in [2.45, 2.75) is 5.72 Å². The molecule has 4 heteroatoms. The van der Waals surface area contributed by atoms with Crippen LogP contribution in [-0.2, 0) is 5.72 Å². The Bertz CT molecular complexity index is 1040. The molecule has 25 heavy (non-hydrogen) atoms. The van der Waals surface area contributed by atoms with Crippen molar-refractivity contribution in [2.24, 2.45) is 0 Å². The van der Waals surface area contributed by atoms with Gasteiger partial charge < -0.3 is 10.1 Å². The van der Waals surface area contributed by atoms with Gasteiger partial charge >= 0.3 is 0 Å². The molecule has 0 saturated carbocycles. The second-order valence-electron chi connectivity index (χ2n) is 6.19. The van der Waals surface area contributed by atoms with Gasteiger partial charge in [-0.25, -0.2) is 0 Å². The van der Waals surface area contributed by atoms with Crippen molar-refractivity contribution >= 4 is 11.7 Å². The number of benzene rings is 3. The Kier molecular flexibility index (Phi) is 2.69. The molecule has 2 aliphatic heterocycles. The van der Waals surface area contributed by atoms with E-state index in [0.29, 0.717) is 22.4 Å². The van der Waals surface area contributed by atoms with E-state index >= 15 is 0 Å². The van der Waals surface area contributed by atoms with Gasteiger partial charge in [0.25, 0.3) is 11.6 Å². The number of carbonyl (C=O) groups is 2. The molecule has 1 N–H and O–H groups in total. The van der Waals surface area contributed by atoms with E-state index in [9.17, 15) is 9.59 Å². The Morgan fingerprint density at radius 3 is 2.36 bits per heavy atom. The number of hydrogen-bond donors (Lipinski definition) is 1. The van der Waals surface area contributed by atoms with Crippen molar-refractivity contribution in [1.82, 2.24) is 5.32 Å². The summed E-state index contributed by atoms with van der Waals surface area (Å²) >= 11 is 0. The average molecular weight is 327 g/mol. The van der Waals surface area contributed by atoms with Crippen LogP contribution in [0.25, 0.3) is 11.1 Å². The van der Waals surface area contributed by atoms with Gasteiger partial charge in [0.15, 0.2) is 0 Å². The van der Waals surface area contributed by atoms with Crippen molar-refractivity contribution < 1.29 is 14.3 Å². The summed E-state index contributed by atoms with van der Waals surface area (Å²) < 4.78 is 5.97. The fourth-order valence-electron chi connectivity index (χ4n) is 3.55. The minimum absolute atomic E-state index is 0.237. The van der Waals surface area contributed by atoms with Crippen LogP contribution in [0, 0.1) is 0 Å². The summed E-state index contributed by atoms with van der Waals surface area (Å²) in [6, 6.07) is 22.4. The molecule has 0 fully saturated rings. The van der Waals surface area contributed by atoms with Gasteiger partial charge in [0.05, 0.1) is 5.56 Å². The lowest BCUT2D eigenvalue weighted by Gasteiger charge is -2.22. The first-order valence-corrected chi connectivity index (χ1v) is 8.04. The van der Waals surface area contributed by atoms with Crippen molar-refractivity contribution in [3.8, 4) is 16.9 Å². The fraction of sp³-hybridized carbons (Fsp3) is 0.0476. The van der Waals surface area contributed by atoms with Gasteiger partial charge in [-0.3, -0.25) is 9.59 Å². The van der Waals surface area contributed by atoms with Gasteiger partial charge in [-0.1, -0.05) is 54.6 Å². The second kappa shape index (κ2) is 4.80. The molecule has 0 aliphatic carbocycles. The van der Waals surface area contributed by atoms with Crippen LogP contribution in [0.1, 0.15) is 26.3 Å². The molecule has 1 atom stereocenters. The van der Waals surface area contributed by atoms with Gasteiger partial charge in [-0.15, -0.1) is 0 Å². The normalized spacial score (nSPS) is 20.2. The number of amides is 1. The molecule has 0 radical (unpaired) electrons. The van der Waals surface area contributed by atoms with Gasteiger partial charge in [0.2, 0.25) is 5.78 Å². The molecule has 0 aromatic heterocycles. The Morgan fingerprint density at radius 1 is 0.760 bits per heavy atom. The SMILES string of the molecule is O=C1NC2(Oc3ccc(-c4ccccc4)cc3C2=O)c2ccccc21. The van der Waals surface area contributed by atoms with E-state index in [4.69, 9.17) is 4.74 Å². The fourth-order valence-corrected chi connectivity index (χ4v) is 3.55. The Hall–Kier alpha value is -3.40. The third-order valence-electron chi connectivity index (χ3n) is 4.75. The number of rotatable bonds is 1. The number of fused-ring (bicyclic) bond motifs is 3. The molecular weight excluding hydrogens is 314 g/mol. The summed E-state index contributed by atoms with van der Waals surface area (Å²) in [5.74, 6) is -0.0414. The molecular formula is C21H13NO3. The summed E-state index contributed by atoms with van der Waals surface area (Å²) in [6.07, 6.45) is 0. The van der Waals surface area contributed by atoms with Gasteiger partial charge in [-0.05, 0) is 29.3 Å². The highest BCUT2D eigenvalue weighted by atomic mass is 16.5. The van der Waals surface area contributed by atoms with E-state index in [1.54, 1.807) is 30.3 Å². The van der Waals surface area contributed by atoms with Crippen LogP contribution in [0.4, 0.5) is 0 Å². The third-order valence-corrected chi connectivity index (χ3v) is 4.75. The molecule has 1 amide bonds. The molecule has 1 unspecified atom stereocenters. The minimum atomic E-state index is -1.44. The molecule has 2 aliphatic rings. The first-order valence-electron chi connectivity index (χ1n) is 8.04. The first kappa shape index (κ1) is 14.0. The lowest BCUT2D eigenvalue weighted by atomic mass is 9.94. The number of nitrogens with one attached hydrogen (secondary N) is 1. The summed E-state index contributed by atoms with van der Waals surface area (Å²) in [4.78, 5) is 25.4. The Morgan fingerprint density at radius 2 is 1.52 bits per heavy atom. The largest absolute Gasteiger partial charge is 0.455 e. The average Bonchev–Trinajstić information content (AvgIpc) is 3.11. The van der Waals surface area contributed by atoms with Crippen LogP contribution >= 0.6 is 0 Å². The van der Waals surface area contributed by atoms with Crippen LogP contribution < -0.4 is 10.1 Å². The van der Waals surface area contributed by atoms with Crippen LogP contribution in [-0.4, -0.2) is 11.7 Å². The molecule has 2 heterocycles. The molecule has 4 nitrogen and oxygen atoms in total. The lowest BCUT2D eigenvalue weighted by Crippen LogP contribution is -2.47. The predicted octanol–water partition coefficient (Wildman–Crippen LogP) is 3.53. The topological polar surface area (TPSA) is 55.4 Å². The molecule has 0 saturated heterocycles. The van der Waals surface area contributed by atoms with E-state index in [1.165, 1.54) is 0 Å². The van der Waals surface area contributed by atoms with Crippen LogP contribution in [0.15, 0.2) is 72.8 Å². The molecule has 1 spiro atoms. The van der Waals surface area contributed by atoms with E-state index in [1.807, 2.05) is 42.5 Å². The number of carbonyl (C=O) groups excluding carboxylic acids is 2.